The average Bonchev–Trinajstić information content (AvgIpc) is 2.30. The van der Waals surface area contributed by atoms with Crippen molar-refractivity contribution in [3.8, 4) is 0 Å². The van der Waals surface area contributed by atoms with Crippen LogP contribution in [0.25, 0.3) is 0 Å². The summed E-state index contributed by atoms with van der Waals surface area (Å²) in [5, 5.41) is 17.9. The normalized spacial score (nSPS) is 12.4. The molecule has 0 saturated carbocycles. The highest BCUT2D eigenvalue weighted by Gasteiger charge is 2.38. The minimum atomic E-state index is -1.45. The summed E-state index contributed by atoms with van der Waals surface area (Å²) in [4.78, 5) is 35.2. The van der Waals surface area contributed by atoms with Gasteiger partial charge in [0.1, 0.15) is 11.6 Å². The minimum Gasteiger partial charge on any atom is -0.480 e. The number of imide groups is 1. The van der Waals surface area contributed by atoms with E-state index in [1.165, 1.54) is 0 Å². The Labute approximate surface area is 117 Å². The van der Waals surface area contributed by atoms with E-state index < -0.39 is 29.8 Å². The standard InChI is InChI=1S/C12H21NO7/c1-12(2,3)20-11(18)13(10(17)19-4)8(9(15)16)6-5-7-14/h8,14H,5-7H2,1-4H3,(H,15,16). The molecule has 0 aromatic heterocycles. The molecule has 0 aliphatic carbocycles. The summed E-state index contributed by atoms with van der Waals surface area (Å²) >= 11 is 0. The Hall–Kier alpha value is -1.83. The van der Waals surface area contributed by atoms with Gasteiger partial charge in [0, 0.05) is 6.61 Å². The molecule has 0 heterocycles. The van der Waals surface area contributed by atoms with Gasteiger partial charge in [-0.25, -0.2) is 14.4 Å². The Bertz CT molecular complexity index is 361. The van der Waals surface area contributed by atoms with Crippen molar-refractivity contribution in [1.29, 1.82) is 0 Å². The Morgan fingerprint density at radius 1 is 1.20 bits per heavy atom. The molecular formula is C12H21NO7. The monoisotopic (exact) mass is 291 g/mol. The molecule has 0 aromatic carbocycles. The van der Waals surface area contributed by atoms with E-state index in [0.29, 0.717) is 4.90 Å². The van der Waals surface area contributed by atoms with Gasteiger partial charge in [-0.05, 0) is 33.6 Å². The number of aliphatic carboxylic acids is 1. The van der Waals surface area contributed by atoms with Gasteiger partial charge >= 0.3 is 18.2 Å². The zero-order valence-electron chi connectivity index (χ0n) is 12.1. The lowest BCUT2D eigenvalue weighted by Gasteiger charge is -2.28. The van der Waals surface area contributed by atoms with Crippen molar-refractivity contribution in [1.82, 2.24) is 4.90 Å². The van der Waals surface area contributed by atoms with Gasteiger partial charge in [0.25, 0.3) is 0 Å². The van der Waals surface area contributed by atoms with Gasteiger partial charge in [-0.1, -0.05) is 0 Å². The number of hydrogen-bond acceptors (Lipinski definition) is 6. The van der Waals surface area contributed by atoms with E-state index in [9.17, 15) is 14.4 Å². The lowest BCUT2D eigenvalue weighted by atomic mass is 10.1. The van der Waals surface area contributed by atoms with Crippen molar-refractivity contribution < 1.29 is 34.1 Å². The highest BCUT2D eigenvalue weighted by Crippen LogP contribution is 2.16. The number of amides is 2. The predicted octanol–water partition coefficient (Wildman–Crippen LogP) is 1.22. The van der Waals surface area contributed by atoms with Crippen LogP contribution >= 0.6 is 0 Å². The molecule has 116 valence electrons. The second kappa shape index (κ2) is 7.68. The first kappa shape index (κ1) is 18.2. The zero-order valence-corrected chi connectivity index (χ0v) is 12.1. The highest BCUT2D eigenvalue weighted by molar-refractivity contribution is 5.93. The first-order valence-corrected chi connectivity index (χ1v) is 6.08. The summed E-state index contributed by atoms with van der Waals surface area (Å²) < 4.78 is 9.41. The molecule has 8 heteroatoms. The Balaban J connectivity index is 5.24. The fourth-order valence-electron chi connectivity index (χ4n) is 1.39. The third-order valence-corrected chi connectivity index (χ3v) is 2.19. The summed E-state index contributed by atoms with van der Waals surface area (Å²) in [5.41, 5.74) is -0.886. The summed E-state index contributed by atoms with van der Waals surface area (Å²) in [7, 11) is 1.03. The van der Waals surface area contributed by atoms with E-state index in [1.54, 1.807) is 20.8 Å². The van der Waals surface area contributed by atoms with Crippen molar-refractivity contribution in [3.63, 3.8) is 0 Å². The summed E-state index contributed by atoms with van der Waals surface area (Å²) in [5.74, 6) is -1.38. The van der Waals surface area contributed by atoms with Gasteiger partial charge < -0.3 is 19.7 Å². The Morgan fingerprint density at radius 2 is 1.75 bits per heavy atom. The van der Waals surface area contributed by atoms with Crippen LogP contribution in [-0.2, 0) is 14.3 Å². The molecule has 1 atom stereocenters. The topological polar surface area (TPSA) is 113 Å². The Morgan fingerprint density at radius 3 is 2.10 bits per heavy atom. The Kier molecular flexibility index (Phi) is 6.98. The van der Waals surface area contributed by atoms with Gasteiger partial charge in [-0.15, -0.1) is 0 Å². The van der Waals surface area contributed by atoms with E-state index in [2.05, 4.69) is 4.74 Å². The number of carbonyl (C=O) groups is 3. The van der Waals surface area contributed by atoms with Crippen LogP contribution in [0.3, 0.4) is 0 Å². The molecular weight excluding hydrogens is 270 g/mol. The van der Waals surface area contributed by atoms with Crippen LogP contribution in [0.15, 0.2) is 0 Å². The first-order chi connectivity index (χ1) is 9.14. The largest absolute Gasteiger partial charge is 0.480 e. The summed E-state index contributed by atoms with van der Waals surface area (Å²) in [6.45, 7) is 4.50. The number of carboxylic acid groups (broad SMARTS) is 1. The molecule has 0 radical (unpaired) electrons. The van der Waals surface area contributed by atoms with Crippen LogP contribution in [0.5, 0.6) is 0 Å². The molecule has 8 nitrogen and oxygen atoms in total. The van der Waals surface area contributed by atoms with Gasteiger partial charge in [-0.2, -0.15) is 4.90 Å². The quantitative estimate of drug-likeness (QED) is 0.782. The fourth-order valence-corrected chi connectivity index (χ4v) is 1.39. The number of methoxy groups -OCH3 is 1. The van der Waals surface area contributed by atoms with Crippen LogP contribution in [0.2, 0.25) is 0 Å². The van der Waals surface area contributed by atoms with E-state index >= 15 is 0 Å². The second-order valence-electron chi connectivity index (χ2n) is 5.04. The molecule has 0 aromatic rings. The number of hydrogen-bond donors (Lipinski definition) is 2. The van der Waals surface area contributed by atoms with Crippen molar-refractivity contribution in [2.45, 2.75) is 45.3 Å². The predicted molar refractivity (Wildman–Crippen MR) is 68.2 cm³/mol. The van der Waals surface area contributed by atoms with Gasteiger partial charge in [0.2, 0.25) is 0 Å². The molecule has 0 aliphatic heterocycles. The summed E-state index contributed by atoms with van der Waals surface area (Å²) in [6.07, 6.45) is -2.20. The third kappa shape index (κ3) is 5.87. The maximum absolute atomic E-state index is 11.9. The number of ether oxygens (including phenoxy) is 2. The van der Waals surface area contributed by atoms with Crippen LogP contribution in [0.4, 0.5) is 9.59 Å². The maximum Gasteiger partial charge on any atom is 0.420 e. The molecule has 0 saturated heterocycles. The molecule has 0 bridgehead atoms. The minimum absolute atomic E-state index is 0.0970. The fraction of sp³-hybridized carbons (Fsp3) is 0.750. The third-order valence-electron chi connectivity index (χ3n) is 2.19. The van der Waals surface area contributed by atoms with E-state index in [1.807, 2.05) is 0 Å². The van der Waals surface area contributed by atoms with Crippen molar-refractivity contribution in [2.75, 3.05) is 13.7 Å². The number of rotatable bonds is 5. The molecule has 2 amide bonds. The summed E-state index contributed by atoms with van der Waals surface area (Å²) in [6, 6.07) is -1.45. The lowest BCUT2D eigenvalue weighted by molar-refractivity contribution is -0.142. The van der Waals surface area contributed by atoms with Crippen LogP contribution in [-0.4, -0.2) is 58.6 Å². The van der Waals surface area contributed by atoms with E-state index in [0.717, 1.165) is 7.11 Å². The van der Waals surface area contributed by atoms with E-state index in [-0.39, 0.29) is 19.4 Å². The van der Waals surface area contributed by atoms with Crippen LogP contribution < -0.4 is 0 Å². The van der Waals surface area contributed by atoms with Gasteiger partial charge in [0.05, 0.1) is 7.11 Å². The molecule has 1 unspecified atom stereocenters. The lowest BCUT2D eigenvalue weighted by Crippen LogP contribution is -2.50. The van der Waals surface area contributed by atoms with Crippen LogP contribution in [0, 0.1) is 0 Å². The van der Waals surface area contributed by atoms with Crippen LogP contribution in [0.1, 0.15) is 33.6 Å². The number of aliphatic hydroxyl groups is 1. The van der Waals surface area contributed by atoms with Gasteiger partial charge in [0.15, 0.2) is 0 Å². The van der Waals surface area contributed by atoms with Crippen molar-refractivity contribution in [2.24, 2.45) is 0 Å². The smallest absolute Gasteiger partial charge is 0.420 e. The second-order valence-corrected chi connectivity index (χ2v) is 5.04. The number of nitrogens with zero attached hydrogens (tertiary/aromatic N) is 1. The SMILES string of the molecule is COC(=O)N(C(=O)OC(C)(C)C)C(CCCO)C(=O)O. The molecule has 2 N–H and O–H groups in total. The average molecular weight is 291 g/mol. The zero-order chi connectivity index (χ0) is 15.9. The maximum atomic E-state index is 11.9. The highest BCUT2D eigenvalue weighted by atomic mass is 16.6. The number of carbonyl (C=O) groups excluding carboxylic acids is 2. The van der Waals surface area contributed by atoms with E-state index in [4.69, 9.17) is 14.9 Å². The molecule has 0 spiro atoms. The number of carboxylic acids is 1. The van der Waals surface area contributed by atoms with Gasteiger partial charge in [-0.3, -0.25) is 0 Å². The first-order valence-electron chi connectivity index (χ1n) is 6.08. The van der Waals surface area contributed by atoms with Crippen molar-refractivity contribution >= 4 is 18.2 Å². The molecule has 0 rings (SSSR count). The molecule has 0 aliphatic rings. The number of aliphatic hydroxyl groups excluding tert-OH is 1. The molecule has 0 fully saturated rings. The molecule has 20 heavy (non-hydrogen) atoms. The van der Waals surface area contributed by atoms with Crippen molar-refractivity contribution in [3.05, 3.63) is 0 Å².